The summed E-state index contributed by atoms with van der Waals surface area (Å²) in [4.78, 5) is 0. The van der Waals surface area contributed by atoms with Crippen molar-refractivity contribution >= 4 is 5.57 Å². The van der Waals surface area contributed by atoms with Gasteiger partial charge in [-0.3, -0.25) is 0 Å². The molecule has 2 N–H and O–H groups in total. The molecule has 0 unspecified atom stereocenters. The highest BCUT2D eigenvalue weighted by Gasteiger charge is 1.98. The molecule has 1 aromatic carbocycles. The number of hydrogen-bond donors (Lipinski definition) is 1. The third-order valence-electron chi connectivity index (χ3n) is 1.89. The van der Waals surface area contributed by atoms with Crippen LogP contribution < -0.4 is 5.73 Å². The molecular formula is C12H15N. The van der Waals surface area contributed by atoms with Gasteiger partial charge in [0.15, 0.2) is 0 Å². The Hall–Kier alpha value is -1.50. The molecule has 1 rings (SSSR count). The zero-order chi connectivity index (χ0) is 9.84. The van der Waals surface area contributed by atoms with E-state index in [1.807, 2.05) is 25.1 Å². The fourth-order valence-electron chi connectivity index (χ4n) is 1.29. The Morgan fingerprint density at radius 1 is 1.38 bits per heavy atom. The Kier molecular flexibility index (Phi) is 2.91. The number of aryl methyl sites for hydroxylation is 1. The molecule has 68 valence electrons. The first-order valence-electron chi connectivity index (χ1n) is 4.30. The average Bonchev–Trinajstić information content (AvgIpc) is 2.03. The molecule has 0 radical (unpaired) electrons. The molecule has 0 saturated heterocycles. The normalized spacial score (nSPS) is 11.4. The summed E-state index contributed by atoms with van der Waals surface area (Å²) in [7, 11) is 0. The minimum absolute atomic E-state index is 0.785. The summed E-state index contributed by atoms with van der Waals surface area (Å²) in [6.07, 6.45) is 1.89. The van der Waals surface area contributed by atoms with Gasteiger partial charge in [0.25, 0.3) is 0 Å². The fourth-order valence-corrected chi connectivity index (χ4v) is 1.29. The van der Waals surface area contributed by atoms with Crippen LogP contribution in [0.1, 0.15) is 18.1 Å². The van der Waals surface area contributed by atoms with Crippen molar-refractivity contribution in [2.24, 2.45) is 5.73 Å². The minimum Gasteiger partial charge on any atom is -0.402 e. The van der Waals surface area contributed by atoms with E-state index in [0.29, 0.717) is 0 Å². The van der Waals surface area contributed by atoms with Gasteiger partial charge in [0.05, 0.1) is 0 Å². The van der Waals surface area contributed by atoms with Crippen LogP contribution in [0.15, 0.2) is 42.6 Å². The molecule has 1 heteroatoms. The Bertz CT molecular complexity index is 344. The topological polar surface area (TPSA) is 26.0 Å². The second kappa shape index (κ2) is 3.94. The zero-order valence-electron chi connectivity index (χ0n) is 8.17. The molecule has 0 aromatic heterocycles. The van der Waals surface area contributed by atoms with Crippen LogP contribution in [0.25, 0.3) is 5.57 Å². The molecule has 13 heavy (non-hydrogen) atoms. The van der Waals surface area contributed by atoms with Gasteiger partial charge < -0.3 is 5.73 Å². The maximum atomic E-state index is 5.58. The van der Waals surface area contributed by atoms with E-state index >= 15 is 0 Å². The van der Waals surface area contributed by atoms with E-state index in [1.54, 1.807) is 0 Å². The maximum absolute atomic E-state index is 5.58. The summed E-state index contributed by atoms with van der Waals surface area (Å²) in [5.41, 5.74) is 9.72. The standard InChI is InChI=1S/C12H15N/c1-9-6-4-5-7-12(9)10(2)8-11(3)13/h4-8H,2,13H2,1,3H3/b11-8-. The molecule has 0 aliphatic carbocycles. The van der Waals surface area contributed by atoms with Crippen molar-refractivity contribution in [2.75, 3.05) is 0 Å². The molecule has 0 atom stereocenters. The van der Waals surface area contributed by atoms with Gasteiger partial charge in [0.1, 0.15) is 0 Å². The molecule has 0 saturated carbocycles. The second-order valence-corrected chi connectivity index (χ2v) is 3.23. The summed E-state index contributed by atoms with van der Waals surface area (Å²) in [5, 5.41) is 0. The SMILES string of the molecule is C=C(/C=C(/C)N)c1ccccc1C. The van der Waals surface area contributed by atoms with Gasteiger partial charge in [-0.1, -0.05) is 30.8 Å². The molecule has 0 aliphatic heterocycles. The lowest BCUT2D eigenvalue weighted by Crippen LogP contribution is -1.92. The number of allylic oxidation sites excluding steroid dienone is 3. The predicted octanol–water partition coefficient (Wildman–Crippen LogP) is 2.87. The molecule has 1 nitrogen and oxygen atoms in total. The van der Waals surface area contributed by atoms with E-state index < -0.39 is 0 Å². The van der Waals surface area contributed by atoms with Crippen LogP contribution in [-0.2, 0) is 0 Å². The molecule has 0 aliphatic rings. The number of benzene rings is 1. The maximum Gasteiger partial charge on any atom is 0.00548 e. The van der Waals surface area contributed by atoms with E-state index in [0.717, 1.165) is 16.8 Å². The van der Waals surface area contributed by atoms with E-state index in [9.17, 15) is 0 Å². The van der Waals surface area contributed by atoms with Crippen LogP contribution >= 0.6 is 0 Å². The van der Waals surface area contributed by atoms with Crippen molar-refractivity contribution in [3.05, 3.63) is 53.7 Å². The summed E-state index contributed by atoms with van der Waals surface area (Å²) < 4.78 is 0. The first kappa shape index (κ1) is 9.59. The van der Waals surface area contributed by atoms with Gasteiger partial charge in [-0.05, 0) is 36.6 Å². The second-order valence-electron chi connectivity index (χ2n) is 3.23. The Balaban J connectivity index is 3.03. The molecular weight excluding hydrogens is 158 g/mol. The monoisotopic (exact) mass is 173 g/mol. The fraction of sp³-hybridized carbons (Fsp3) is 0.167. The van der Waals surface area contributed by atoms with E-state index in [1.165, 1.54) is 5.56 Å². The lowest BCUT2D eigenvalue weighted by molar-refractivity contribution is 1.31. The lowest BCUT2D eigenvalue weighted by Gasteiger charge is -2.04. The quantitative estimate of drug-likeness (QED) is 0.684. The van der Waals surface area contributed by atoms with Crippen molar-refractivity contribution in [1.82, 2.24) is 0 Å². The number of rotatable bonds is 2. The first-order valence-corrected chi connectivity index (χ1v) is 4.30. The van der Waals surface area contributed by atoms with Crippen molar-refractivity contribution in [2.45, 2.75) is 13.8 Å². The molecule has 0 amide bonds. The van der Waals surface area contributed by atoms with Crippen LogP contribution in [0.3, 0.4) is 0 Å². The average molecular weight is 173 g/mol. The van der Waals surface area contributed by atoms with E-state index in [2.05, 4.69) is 25.6 Å². The zero-order valence-corrected chi connectivity index (χ0v) is 8.17. The van der Waals surface area contributed by atoms with Gasteiger partial charge in [0, 0.05) is 5.70 Å². The minimum atomic E-state index is 0.785. The van der Waals surface area contributed by atoms with Crippen LogP contribution in [-0.4, -0.2) is 0 Å². The number of hydrogen-bond acceptors (Lipinski definition) is 1. The van der Waals surface area contributed by atoms with E-state index in [4.69, 9.17) is 5.73 Å². The Morgan fingerprint density at radius 3 is 2.54 bits per heavy atom. The van der Waals surface area contributed by atoms with Gasteiger partial charge in [-0.2, -0.15) is 0 Å². The highest BCUT2D eigenvalue weighted by molar-refractivity contribution is 5.74. The van der Waals surface area contributed by atoms with Crippen molar-refractivity contribution in [3.63, 3.8) is 0 Å². The molecule has 0 spiro atoms. The Morgan fingerprint density at radius 2 is 2.00 bits per heavy atom. The van der Waals surface area contributed by atoms with E-state index in [-0.39, 0.29) is 0 Å². The molecule has 0 heterocycles. The predicted molar refractivity (Wildman–Crippen MR) is 58.2 cm³/mol. The smallest absolute Gasteiger partial charge is 0.00548 e. The van der Waals surface area contributed by atoms with Gasteiger partial charge >= 0.3 is 0 Å². The van der Waals surface area contributed by atoms with Crippen molar-refractivity contribution in [1.29, 1.82) is 0 Å². The third kappa shape index (κ3) is 2.48. The summed E-state index contributed by atoms with van der Waals surface area (Å²) in [6.45, 7) is 7.90. The first-order chi connectivity index (χ1) is 6.11. The van der Waals surface area contributed by atoms with Crippen LogP contribution in [0.2, 0.25) is 0 Å². The summed E-state index contributed by atoms with van der Waals surface area (Å²) in [6, 6.07) is 8.15. The van der Waals surface area contributed by atoms with Crippen LogP contribution in [0.5, 0.6) is 0 Å². The molecule has 1 aromatic rings. The Labute approximate surface area is 79.6 Å². The number of nitrogens with two attached hydrogens (primary N) is 1. The van der Waals surface area contributed by atoms with Crippen molar-refractivity contribution < 1.29 is 0 Å². The van der Waals surface area contributed by atoms with Crippen molar-refractivity contribution in [3.8, 4) is 0 Å². The van der Waals surface area contributed by atoms with Gasteiger partial charge in [-0.15, -0.1) is 0 Å². The van der Waals surface area contributed by atoms with Gasteiger partial charge in [-0.25, -0.2) is 0 Å². The van der Waals surface area contributed by atoms with Crippen LogP contribution in [0.4, 0.5) is 0 Å². The highest BCUT2D eigenvalue weighted by Crippen LogP contribution is 2.18. The third-order valence-corrected chi connectivity index (χ3v) is 1.89. The summed E-state index contributed by atoms with van der Waals surface area (Å²) >= 11 is 0. The molecule has 0 fully saturated rings. The largest absolute Gasteiger partial charge is 0.402 e. The highest BCUT2D eigenvalue weighted by atomic mass is 14.5. The lowest BCUT2D eigenvalue weighted by atomic mass is 10.0. The summed E-state index contributed by atoms with van der Waals surface area (Å²) in [5.74, 6) is 0. The van der Waals surface area contributed by atoms with Gasteiger partial charge in [0.2, 0.25) is 0 Å². The van der Waals surface area contributed by atoms with Crippen LogP contribution in [0, 0.1) is 6.92 Å². The molecule has 0 bridgehead atoms.